The molecule has 0 amide bonds. The third kappa shape index (κ3) is 8.32. The summed E-state index contributed by atoms with van der Waals surface area (Å²) in [5.41, 5.74) is 0. The fourth-order valence-corrected chi connectivity index (χ4v) is 3.15. The maximum absolute atomic E-state index is 5.61. The zero-order chi connectivity index (χ0) is 19.3. The number of furan rings is 1. The molecule has 27 heavy (non-hydrogen) atoms. The van der Waals surface area contributed by atoms with Gasteiger partial charge in [-0.1, -0.05) is 6.92 Å². The first-order valence-electron chi connectivity index (χ1n) is 10.3. The molecule has 7 heteroatoms. The summed E-state index contributed by atoms with van der Waals surface area (Å²) in [6.45, 7) is 16.1. The number of aliphatic imine (C=N–C) groups is 1. The minimum Gasteiger partial charge on any atom is -0.467 e. The van der Waals surface area contributed by atoms with E-state index < -0.39 is 0 Å². The van der Waals surface area contributed by atoms with Gasteiger partial charge < -0.3 is 24.7 Å². The predicted octanol–water partition coefficient (Wildman–Crippen LogP) is 1.77. The van der Waals surface area contributed by atoms with E-state index in [2.05, 4.69) is 41.2 Å². The molecule has 7 nitrogen and oxygen atoms in total. The van der Waals surface area contributed by atoms with Gasteiger partial charge >= 0.3 is 0 Å². The van der Waals surface area contributed by atoms with Gasteiger partial charge in [-0.25, -0.2) is 0 Å². The van der Waals surface area contributed by atoms with Crippen LogP contribution in [0, 0.1) is 0 Å². The maximum Gasteiger partial charge on any atom is 0.191 e. The second kappa shape index (κ2) is 12.8. The molecule has 2 N–H and O–H groups in total. The second-order valence-electron chi connectivity index (χ2n) is 6.95. The van der Waals surface area contributed by atoms with Gasteiger partial charge in [0.15, 0.2) is 5.96 Å². The van der Waals surface area contributed by atoms with Crippen molar-refractivity contribution in [3.05, 3.63) is 24.2 Å². The highest BCUT2D eigenvalue weighted by Crippen LogP contribution is 2.06. The van der Waals surface area contributed by atoms with E-state index in [1.165, 1.54) is 13.1 Å². The quantitative estimate of drug-likeness (QED) is 0.347. The van der Waals surface area contributed by atoms with Crippen molar-refractivity contribution in [3.8, 4) is 0 Å². The number of nitrogens with one attached hydrogen (secondary N) is 2. The van der Waals surface area contributed by atoms with Gasteiger partial charge in [-0.15, -0.1) is 0 Å². The van der Waals surface area contributed by atoms with Crippen LogP contribution in [0.4, 0.5) is 0 Å². The number of nitrogens with zero attached hydrogens (tertiary/aromatic N) is 3. The lowest BCUT2D eigenvalue weighted by Crippen LogP contribution is -2.50. The molecule has 0 spiro atoms. The van der Waals surface area contributed by atoms with E-state index in [1.807, 2.05) is 12.1 Å². The number of hydrogen-bond donors (Lipinski definition) is 2. The summed E-state index contributed by atoms with van der Waals surface area (Å²) in [5, 5.41) is 6.72. The summed E-state index contributed by atoms with van der Waals surface area (Å²) < 4.78 is 10.9. The Labute approximate surface area is 164 Å². The molecule has 1 saturated heterocycles. The lowest BCUT2D eigenvalue weighted by molar-refractivity contribution is 0.105. The zero-order valence-electron chi connectivity index (χ0n) is 17.2. The van der Waals surface area contributed by atoms with Crippen LogP contribution in [0.25, 0.3) is 0 Å². The molecule has 1 fully saturated rings. The number of likely N-dealkylation sites (N-methyl/N-ethyl adjacent to an activating group) is 1. The molecule has 2 rings (SSSR count). The Hall–Kier alpha value is -1.57. The molecule has 2 heterocycles. The van der Waals surface area contributed by atoms with Crippen molar-refractivity contribution < 1.29 is 9.15 Å². The summed E-state index contributed by atoms with van der Waals surface area (Å²) in [5.74, 6) is 1.76. The van der Waals surface area contributed by atoms with Crippen molar-refractivity contribution in [3.63, 3.8) is 0 Å². The average Bonchev–Trinajstić information content (AvgIpc) is 3.22. The molecule has 1 aliphatic rings. The third-order valence-electron chi connectivity index (χ3n) is 4.92. The van der Waals surface area contributed by atoms with E-state index in [0.717, 1.165) is 57.4 Å². The number of ether oxygens (including phenoxy) is 1. The van der Waals surface area contributed by atoms with Gasteiger partial charge in [0, 0.05) is 51.9 Å². The number of rotatable bonds is 11. The van der Waals surface area contributed by atoms with Crippen LogP contribution >= 0.6 is 0 Å². The van der Waals surface area contributed by atoms with Crippen molar-refractivity contribution in [2.45, 2.75) is 39.8 Å². The smallest absolute Gasteiger partial charge is 0.191 e. The van der Waals surface area contributed by atoms with Crippen molar-refractivity contribution in [1.82, 2.24) is 20.4 Å². The third-order valence-corrected chi connectivity index (χ3v) is 4.92. The minimum atomic E-state index is 0.469. The topological polar surface area (TPSA) is 65.3 Å². The average molecular weight is 380 g/mol. The van der Waals surface area contributed by atoms with Gasteiger partial charge in [-0.3, -0.25) is 9.89 Å². The lowest BCUT2D eigenvalue weighted by atomic mass is 10.2. The Bertz CT molecular complexity index is 512. The highest BCUT2D eigenvalue weighted by molar-refractivity contribution is 5.79. The zero-order valence-corrected chi connectivity index (χ0v) is 17.2. The molecule has 1 aliphatic heterocycles. The molecule has 0 bridgehead atoms. The Morgan fingerprint density at radius 2 is 2.07 bits per heavy atom. The second-order valence-corrected chi connectivity index (χ2v) is 6.95. The Morgan fingerprint density at radius 3 is 2.74 bits per heavy atom. The highest BCUT2D eigenvalue weighted by atomic mass is 16.5. The van der Waals surface area contributed by atoms with Crippen LogP contribution in [0.15, 0.2) is 27.8 Å². The summed E-state index contributed by atoms with van der Waals surface area (Å²) in [6, 6.07) is 4.28. The van der Waals surface area contributed by atoms with Gasteiger partial charge in [0.1, 0.15) is 12.4 Å². The van der Waals surface area contributed by atoms with Crippen molar-refractivity contribution in [1.29, 1.82) is 0 Å². The van der Waals surface area contributed by atoms with E-state index in [1.54, 1.807) is 6.26 Å². The molecule has 1 atom stereocenters. The van der Waals surface area contributed by atoms with Crippen LogP contribution < -0.4 is 10.6 Å². The molecule has 154 valence electrons. The summed E-state index contributed by atoms with van der Waals surface area (Å²) in [7, 11) is 0. The molecule has 1 aromatic rings. The Kier molecular flexibility index (Phi) is 10.3. The molecule has 0 aliphatic carbocycles. The normalized spacial score (nSPS) is 17.8. The van der Waals surface area contributed by atoms with Gasteiger partial charge in [0.05, 0.1) is 12.8 Å². The predicted molar refractivity (Wildman–Crippen MR) is 110 cm³/mol. The van der Waals surface area contributed by atoms with Crippen LogP contribution in [-0.2, 0) is 11.3 Å². The molecule has 1 aromatic heterocycles. The van der Waals surface area contributed by atoms with E-state index in [9.17, 15) is 0 Å². The molecule has 0 saturated carbocycles. The van der Waals surface area contributed by atoms with Crippen LogP contribution in [0.5, 0.6) is 0 Å². The molecule has 1 unspecified atom stereocenters. The van der Waals surface area contributed by atoms with E-state index in [0.29, 0.717) is 19.3 Å². The monoisotopic (exact) mass is 379 g/mol. The number of piperazine rings is 1. The van der Waals surface area contributed by atoms with Crippen molar-refractivity contribution in [2.75, 3.05) is 59.0 Å². The highest BCUT2D eigenvalue weighted by Gasteiger charge is 2.19. The van der Waals surface area contributed by atoms with Crippen molar-refractivity contribution >= 4 is 5.96 Å². The fourth-order valence-electron chi connectivity index (χ4n) is 3.15. The van der Waals surface area contributed by atoms with Crippen molar-refractivity contribution in [2.24, 2.45) is 4.99 Å². The SMILES string of the molecule is CCNC(=NCC(C)N1CCN(CC)CC1)NCCCOCc1ccco1. The van der Waals surface area contributed by atoms with Gasteiger partial charge in [-0.05, 0) is 38.9 Å². The largest absolute Gasteiger partial charge is 0.467 e. The Morgan fingerprint density at radius 1 is 1.26 bits per heavy atom. The van der Waals surface area contributed by atoms with Gasteiger partial charge in [0.2, 0.25) is 0 Å². The van der Waals surface area contributed by atoms with Crippen LogP contribution in [0.2, 0.25) is 0 Å². The van der Waals surface area contributed by atoms with E-state index in [4.69, 9.17) is 14.1 Å². The van der Waals surface area contributed by atoms with Crippen LogP contribution in [-0.4, -0.2) is 80.8 Å². The number of hydrogen-bond acceptors (Lipinski definition) is 5. The molecular weight excluding hydrogens is 342 g/mol. The van der Waals surface area contributed by atoms with Gasteiger partial charge in [0.25, 0.3) is 0 Å². The molecular formula is C20H37N5O2. The van der Waals surface area contributed by atoms with Crippen LogP contribution in [0.1, 0.15) is 33.0 Å². The standard InChI is InChI=1S/C20H37N5O2/c1-4-21-20(22-9-7-14-26-17-19-8-6-15-27-19)23-16-18(3)25-12-10-24(5-2)11-13-25/h6,8,15,18H,4-5,7,9-14,16-17H2,1-3H3,(H2,21,22,23). The summed E-state index contributed by atoms with van der Waals surface area (Å²) >= 11 is 0. The molecule has 0 radical (unpaired) electrons. The first-order valence-corrected chi connectivity index (χ1v) is 10.3. The van der Waals surface area contributed by atoms with E-state index in [-0.39, 0.29) is 0 Å². The fraction of sp³-hybridized carbons (Fsp3) is 0.750. The Balaban J connectivity index is 1.62. The summed E-state index contributed by atoms with van der Waals surface area (Å²) in [6.07, 6.45) is 2.60. The lowest BCUT2D eigenvalue weighted by Gasteiger charge is -2.37. The van der Waals surface area contributed by atoms with Crippen LogP contribution in [0.3, 0.4) is 0 Å². The maximum atomic E-state index is 5.61. The first-order chi connectivity index (χ1) is 13.2. The van der Waals surface area contributed by atoms with E-state index >= 15 is 0 Å². The molecule has 0 aromatic carbocycles. The summed E-state index contributed by atoms with van der Waals surface area (Å²) in [4.78, 5) is 9.82. The number of guanidine groups is 1. The first kappa shape index (κ1) is 21.7. The minimum absolute atomic E-state index is 0.469. The van der Waals surface area contributed by atoms with Gasteiger partial charge in [-0.2, -0.15) is 0 Å².